The zero-order valence-corrected chi connectivity index (χ0v) is 15.9. The second kappa shape index (κ2) is 9.23. The number of urea groups is 1. The Kier molecular flexibility index (Phi) is 6.49. The van der Waals surface area contributed by atoms with Gasteiger partial charge in [0.25, 0.3) is 0 Å². The Morgan fingerprint density at radius 2 is 1.79 bits per heavy atom. The van der Waals surface area contributed by atoms with E-state index in [0.717, 1.165) is 23.3 Å². The van der Waals surface area contributed by atoms with E-state index in [2.05, 4.69) is 10.6 Å². The van der Waals surface area contributed by atoms with E-state index in [1.807, 2.05) is 36.4 Å². The van der Waals surface area contributed by atoms with Crippen molar-refractivity contribution in [3.05, 3.63) is 59.7 Å². The van der Waals surface area contributed by atoms with Crippen LogP contribution in [0.1, 0.15) is 17.5 Å². The van der Waals surface area contributed by atoms with Crippen molar-refractivity contribution in [1.29, 1.82) is 0 Å². The van der Waals surface area contributed by atoms with Crippen LogP contribution in [-0.4, -0.2) is 48.2 Å². The van der Waals surface area contributed by atoms with Gasteiger partial charge < -0.3 is 25.4 Å². The Bertz CT molecular complexity index is 803. The summed E-state index contributed by atoms with van der Waals surface area (Å²) in [6, 6.07) is 14.3. The van der Waals surface area contributed by atoms with Crippen molar-refractivity contribution >= 4 is 17.6 Å². The van der Waals surface area contributed by atoms with Crippen LogP contribution in [0.15, 0.2) is 48.5 Å². The molecule has 1 aliphatic rings. The molecule has 0 bridgehead atoms. The first-order chi connectivity index (χ1) is 13.6. The van der Waals surface area contributed by atoms with Crippen LogP contribution in [0.4, 0.5) is 10.5 Å². The van der Waals surface area contributed by atoms with Crippen molar-refractivity contribution < 1.29 is 19.4 Å². The second-order valence-electron chi connectivity index (χ2n) is 6.74. The maximum Gasteiger partial charge on any atom is 0.319 e. The molecular formula is C21H25N3O4. The summed E-state index contributed by atoms with van der Waals surface area (Å²) in [5.74, 6) is 0.788. The highest BCUT2D eigenvalue weighted by molar-refractivity contribution is 5.89. The summed E-state index contributed by atoms with van der Waals surface area (Å²) < 4.78 is 5.11. The lowest BCUT2D eigenvalue weighted by Gasteiger charge is -2.40. The minimum absolute atomic E-state index is 0.0141. The van der Waals surface area contributed by atoms with Gasteiger partial charge in [-0.25, -0.2) is 4.79 Å². The lowest BCUT2D eigenvalue weighted by Crippen LogP contribution is -2.53. The van der Waals surface area contributed by atoms with Gasteiger partial charge in [-0.2, -0.15) is 0 Å². The highest BCUT2D eigenvalue weighted by Gasteiger charge is 2.30. The number of aliphatic hydroxyl groups is 1. The fourth-order valence-electron chi connectivity index (χ4n) is 3.04. The van der Waals surface area contributed by atoms with Crippen molar-refractivity contribution in [3.8, 4) is 5.75 Å². The molecule has 2 aromatic rings. The van der Waals surface area contributed by atoms with Gasteiger partial charge in [0.15, 0.2) is 0 Å². The molecule has 0 spiro atoms. The number of aliphatic hydroxyl groups excluding tert-OH is 1. The number of nitrogens with zero attached hydrogens (tertiary/aromatic N) is 1. The first kappa shape index (κ1) is 19.7. The van der Waals surface area contributed by atoms with Crippen LogP contribution in [0.25, 0.3) is 0 Å². The molecule has 1 saturated heterocycles. The SMILES string of the molecule is COc1ccc(CNC(=O)Nc2ccc(CC(=O)N3CC[C@H]3CO)cc2)cc1. The molecule has 7 nitrogen and oxygen atoms in total. The molecule has 0 unspecified atom stereocenters. The van der Waals surface area contributed by atoms with E-state index in [9.17, 15) is 14.7 Å². The largest absolute Gasteiger partial charge is 0.497 e. The minimum Gasteiger partial charge on any atom is -0.497 e. The van der Waals surface area contributed by atoms with Gasteiger partial charge in [0.05, 0.1) is 26.2 Å². The fourth-order valence-corrected chi connectivity index (χ4v) is 3.04. The van der Waals surface area contributed by atoms with E-state index in [0.29, 0.717) is 25.2 Å². The van der Waals surface area contributed by atoms with E-state index in [1.165, 1.54) is 0 Å². The monoisotopic (exact) mass is 383 g/mol. The summed E-state index contributed by atoms with van der Waals surface area (Å²) in [6.07, 6.45) is 1.15. The number of rotatable bonds is 7. The molecule has 0 radical (unpaired) electrons. The van der Waals surface area contributed by atoms with E-state index >= 15 is 0 Å². The summed E-state index contributed by atoms with van der Waals surface area (Å²) in [7, 11) is 1.61. The number of carbonyl (C=O) groups excluding carboxylic acids is 2. The number of hydrogen-bond acceptors (Lipinski definition) is 4. The molecule has 1 atom stereocenters. The van der Waals surface area contributed by atoms with Gasteiger partial charge in [-0.3, -0.25) is 4.79 Å². The number of methoxy groups -OCH3 is 1. The maximum atomic E-state index is 12.2. The predicted molar refractivity (Wildman–Crippen MR) is 106 cm³/mol. The third kappa shape index (κ3) is 5.01. The number of carbonyl (C=O) groups is 2. The normalized spacial score (nSPS) is 15.5. The van der Waals surface area contributed by atoms with Crippen LogP contribution in [0.3, 0.4) is 0 Å². The summed E-state index contributed by atoms with van der Waals surface area (Å²) in [5.41, 5.74) is 2.50. The molecule has 0 aliphatic carbocycles. The van der Waals surface area contributed by atoms with Crippen molar-refractivity contribution in [2.45, 2.75) is 25.4 Å². The first-order valence-corrected chi connectivity index (χ1v) is 9.26. The van der Waals surface area contributed by atoms with Gasteiger partial charge in [-0.1, -0.05) is 24.3 Å². The Balaban J connectivity index is 1.45. The van der Waals surface area contributed by atoms with E-state index < -0.39 is 0 Å². The molecular weight excluding hydrogens is 358 g/mol. The molecule has 3 rings (SSSR count). The third-order valence-corrected chi connectivity index (χ3v) is 4.85. The molecule has 2 aromatic carbocycles. The molecule has 1 aliphatic heterocycles. The number of amides is 3. The van der Waals surface area contributed by atoms with Crippen LogP contribution >= 0.6 is 0 Å². The maximum absolute atomic E-state index is 12.2. The molecule has 0 saturated carbocycles. The second-order valence-corrected chi connectivity index (χ2v) is 6.74. The zero-order valence-electron chi connectivity index (χ0n) is 15.9. The van der Waals surface area contributed by atoms with Gasteiger partial charge in [0, 0.05) is 18.8 Å². The number of nitrogens with one attached hydrogen (secondary N) is 2. The molecule has 1 fully saturated rings. The first-order valence-electron chi connectivity index (χ1n) is 9.26. The molecule has 1 heterocycles. The summed E-state index contributed by atoms with van der Waals surface area (Å²) in [5, 5.41) is 14.8. The van der Waals surface area contributed by atoms with Crippen LogP contribution in [0, 0.1) is 0 Å². The van der Waals surface area contributed by atoms with Crippen LogP contribution in [0.2, 0.25) is 0 Å². The Hall–Kier alpha value is -3.06. The molecule has 7 heteroatoms. The van der Waals surface area contributed by atoms with Crippen LogP contribution in [0.5, 0.6) is 5.75 Å². The Morgan fingerprint density at radius 1 is 1.11 bits per heavy atom. The summed E-state index contributed by atoms with van der Waals surface area (Å²) in [4.78, 5) is 26.0. The zero-order chi connectivity index (χ0) is 19.9. The Labute approximate surface area is 164 Å². The summed E-state index contributed by atoms with van der Waals surface area (Å²) >= 11 is 0. The summed E-state index contributed by atoms with van der Waals surface area (Å²) in [6.45, 7) is 1.13. The average molecular weight is 383 g/mol. The lowest BCUT2D eigenvalue weighted by molar-refractivity contribution is -0.139. The van der Waals surface area contributed by atoms with Gasteiger partial charge >= 0.3 is 6.03 Å². The third-order valence-electron chi connectivity index (χ3n) is 4.85. The molecule has 28 heavy (non-hydrogen) atoms. The standard InChI is InChI=1S/C21H25N3O4/c1-28-19-8-4-16(5-9-19)13-22-21(27)23-17-6-2-15(3-7-17)12-20(26)24-11-10-18(24)14-25/h2-9,18,25H,10-14H2,1H3,(H2,22,23,27)/t18-/m0/s1. The van der Waals surface area contributed by atoms with Crippen LogP contribution < -0.4 is 15.4 Å². The smallest absolute Gasteiger partial charge is 0.319 e. The quantitative estimate of drug-likeness (QED) is 0.683. The van der Waals surface area contributed by atoms with Gasteiger partial charge in [-0.05, 0) is 41.8 Å². The average Bonchev–Trinajstić information content (AvgIpc) is 2.68. The van der Waals surface area contributed by atoms with E-state index in [4.69, 9.17) is 4.74 Å². The van der Waals surface area contributed by atoms with Gasteiger partial charge in [-0.15, -0.1) is 0 Å². The van der Waals surface area contributed by atoms with Crippen molar-refractivity contribution in [3.63, 3.8) is 0 Å². The van der Waals surface area contributed by atoms with Crippen molar-refractivity contribution in [2.75, 3.05) is 25.6 Å². The minimum atomic E-state index is -0.300. The fraction of sp³-hybridized carbons (Fsp3) is 0.333. The number of likely N-dealkylation sites (tertiary alicyclic amines) is 1. The number of ether oxygens (including phenoxy) is 1. The predicted octanol–water partition coefficient (Wildman–Crippen LogP) is 2.15. The van der Waals surface area contributed by atoms with E-state index in [-0.39, 0.29) is 24.6 Å². The van der Waals surface area contributed by atoms with E-state index in [1.54, 1.807) is 24.1 Å². The van der Waals surface area contributed by atoms with Gasteiger partial charge in [0.1, 0.15) is 5.75 Å². The molecule has 148 valence electrons. The van der Waals surface area contributed by atoms with Crippen molar-refractivity contribution in [2.24, 2.45) is 0 Å². The molecule has 3 N–H and O–H groups in total. The lowest BCUT2D eigenvalue weighted by atomic mass is 10.0. The molecule has 3 amide bonds. The Morgan fingerprint density at radius 3 is 2.36 bits per heavy atom. The highest BCUT2D eigenvalue weighted by atomic mass is 16.5. The molecule has 0 aromatic heterocycles. The number of anilines is 1. The van der Waals surface area contributed by atoms with Crippen LogP contribution in [-0.2, 0) is 17.8 Å². The number of hydrogen-bond donors (Lipinski definition) is 3. The van der Waals surface area contributed by atoms with Crippen molar-refractivity contribution in [1.82, 2.24) is 10.2 Å². The number of benzene rings is 2. The van der Waals surface area contributed by atoms with Gasteiger partial charge in [0.2, 0.25) is 5.91 Å². The topological polar surface area (TPSA) is 90.9 Å². The highest BCUT2D eigenvalue weighted by Crippen LogP contribution is 2.19.